The van der Waals surface area contributed by atoms with Crippen molar-refractivity contribution in [2.24, 2.45) is 5.73 Å². The highest BCUT2D eigenvalue weighted by molar-refractivity contribution is 5.65. The summed E-state index contributed by atoms with van der Waals surface area (Å²) < 4.78 is 26.8. The molecule has 0 aliphatic heterocycles. The number of nitrogens with two attached hydrogens (primary N) is 1. The summed E-state index contributed by atoms with van der Waals surface area (Å²) in [6, 6.07) is 10.7. The first kappa shape index (κ1) is 11.7. The molecule has 0 aromatic heterocycles. The molecule has 0 saturated carbocycles. The van der Waals surface area contributed by atoms with Gasteiger partial charge in [0.1, 0.15) is 11.6 Å². The van der Waals surface area contributed by atoms with Gasteiger partial charge in [-0.3, -0.25) is 0 Å². The van der Waals surface area contributed by atoms with Gasteiger partial charge < -0.3 is 5.73 Å². The van der Waals surface area contributed by atoms with E-state index in [1.54, 1.807) is 24.3 Å². The van der Waals surface area contributed by atoms with Gasteiger partial charge in [0.2, 0.25) is 0 Å². The second-order valence-corrected chi connectivity index (χ2v) is 3.86. The van der Waals surface area contributed by atoms with E-state index in [1.807, 2.05) is 0 Å². The largest absolute Gasteiger partial charge is 0.330 e. The second kappa shape index (κ2) is 5.06. The number of benzene rings is 2. The Kier molecular flexibility index (Phi) is 3.49. The monoisotopic (exact) mass is 233 g/mol. The van der Waals surface area contributed by atoms with Crippen molar-refractivity contribution in [2.75, 3.05) is 6.54 Å². The molecule has 88 valence electrons. The SMILES string of the molecule is NCCc1ccc(F)c(-c2cccc(F)c2)c1. The van der Waals surface area contributed by atoms with Gasteiger partial charge >= 0.3 is 0 Å². The van der Waals surface area contributed by atoms with E-state index in [0.29, 0.717) is 24.1 Å². The predicted octanol–water partition coefficient (Wildman–Crippen LogP) is 3.13. The number of hydrogen-bond acceptors (Lipinski definition) is 1. The zero-order valence-corrected chi connectivity index (χ0v) is 9.29. The molecule has 0 atom stereocenters. The summed E-state index contributed by atoms with van der Waals surface area (Å²) in [5, 5.41) is 0. The molecule has 17 heavy (non-hydrogen) atoms. The Labute approximate surface area is 98.9 Å². The first-order valence-corrected chi connectivity index (χ1v) is 5.45. The van der Waals surface area contributed by atoms with Crippen molar-refractivity contribution in [3.05, 3.63) is 59.7 Å². The summed E-state index contributed by atoms with van der Waals surface area (Å²) >= 11 is 0. The predicted molar refractivity (Wildman–Crippen MR) is 64.6 cm³/mol. The van der Waals surface area contributed by atoms with E-state index in [-0.39, 0.29) is 11.6 Å². The highest BCUT2D eigenvalue weighted by Gasteiger charge is 2.06. The summed E-state index contributed by atoms with van der Waals surface area (Å²) in [6.07, 6.45) is 0.683. The van der Waals surface area contributed by atoms with Crippen molar-refractivity contribution in [1.29, 1.82) is 0 Å². The lowest BCUT2D eigenvalue weighted by molar-refractivity contribution is 0.624. The number of halogens is 2. The number of rotatable bonds is 3. The van der Waals surface area contributed by atoms with E-state index in [1.165, 1.54) is 18.2 Å². The highest BCUT2D eigenvalue weighted by atomic mass is 19.1. The topological polar surface area (TPSA) is 26.0 Å². The van der Waals surface area contributed by atoms with Gasteiger partial charge in [-0.05, 0) is 48.4 Å². The molecule has 2 aromatic carbocycles. The first-order chi connectivity index (χ1) is 8.20. The quantitative estimate of drug-likeness (QED) is 0.866. The Morgan fingerprint density at radius 3 is 2.53 bits per heavy atom. The molecule has 0 bridgehead atoms. The fraction of sp³-hybridized carbons (Fsp3) is 0.143. The molecule has 3 heteroatoms. The summed E-state index contributed by atoms with van der Waals surface area (Å²) in [6.45, 7) is 0.508. The van der Waals surface area contributed by atoms with Crippen LogP contribution in [0.25, 0.3) is 11.1 Å². The minimum absolute atomic E-state index is 0.351. The molecule has 1 nitrogen and oxygen atoms in total. The van der Waals surface area contributed by atoms with E-state index in [4.69, 9.17) is 5.73 Å². The van der Waals surface area contributed by atoms with Gasteiger partial charge in [0, 0.05) is 5.56 Å². The van der Waals surface area contributed by atoms with Crippen molar-refractivity contribution in [3.8, 4) is 11.1 Å². The molecule has 2 N–H and O–H groups in total. The molecule has 0 heterocycles. The molecule has 0 aliphatic carbocycles. The van der Waals surface area contributed by atoms with E-state index in [2.05, 4.69) is 0 Å². The Morgan fingerprint density at radius 2 is 1.82 bits per heavy atom. The smallest absolute Gasteiger partial charge is 0.131 e. The zero-order chi connectivity index (χ0) is 12.3. The minimum atomic E-state index is -0.369. The van der Waals surface area contributed by atoms with Gasteiger partial charge in [-0.1, -0.05) is 18.2 Å². The van der Waals surface area contributed by atoms with Crippen molar-refractivity contribution >= 4 is 0 Å². The van der Waals surface area contributed by atoms with E-state index >= 15 is 0 Å². The third-order valence-electron chi connectivity index (χ3n) is 2.60. The van der Waals surface area contributed by atoms with Crippen LogP contribution >= 0.6 is 0 Å². The fourth-order valence-corrected chi connectivity index (χ4v) is 1.77. The van der Waals surface area contributed by atoms with Gasteiger partial charge in [-0.2, -0.15) is 0 Å². The maximum atomic E-state index is 13.7. The molecule has 0 radical (unpaired) electrons. The van der Waals surface area contributed by atoms with Crippen molar-refractivity contribution in [3.63, 3.8) is 0 Å². The maximum absolute atomic E-state index is 13.7. The fourth-order valence-electron chi connectivity index (χ4n) is 1.77. The van der Waals surface area contributed by atoms with E-state index in [9.17, 15) is 8.78 Å². The van der Waals surface area contributed by atoms with Gasteiger partial charge in [0.25, 0.3) is 0 Å². The lowest BCUT2D eigenvalue weighted by atomic mass is 10.0. The van der Waals surface area contributed by atoms with Gasteiger partial charge in [-0.15, -0.1) is 0 Å². The van der Waals surface area contributed by atoms with Crippen LogP contribution < -0.4 is 5.73 Å². The average Bonchev–Trinajstić information content (AvgIpc) is 2.32. The zero-order valence-electron chi connectivity index (χ0n) is 9.29. The normalized spacial score (nSPS) is 10.5. The molecule has 2 aromatic rings. The van der Waals surface area contributed by atoms with Crippen LogP contribution in [0.2, 0.25) is 0 Å². The van der Waals surface area contributed by atoms with Gasteiger partial charge in [0.05, 0.1) is 0 Å². The second-order valence-electron chi connectivity index (χ2n) is 3.86. The van der Waals surface area contributed by atoms with Gasteiger partial charge in [-0.25, -0.2) is 8.78 Å². The summed E-state index contributed by atoms with van der Waals surface area (Å²) in [5.74, 6) is -0.720. The summed E-state index contributed by atoms with van der Waals surface area (Å²) in [7, 11) is 0. The summed E-state index contributed by atoms with van der Waals surface area (Å²) in [5.41, 5.74) is 7.37. The average molecular weight is 233 g/mol. The van der Waals surface area contributed by atoms with E-state index < -0.39 is 0 Å². The molecule has 0 fully saturated rings. The van der Waals surface area contributed by atoms with Gasteiger partial charge in [0.15, 0.2) is 0 Å². The molecule has 0 aliphatic rings. The van der Waals surface area contributed by atoms with Crippen LogP contribution in [0.4, 0.5) is 8.78 Å². The van der Waals surface area contributed by atoms with Crippen LogP contribution in [0.1, 0.15) is 5.56 Å². The maximum Gasteiger partial charge on any atom is 0.131 e. The molecule has 0 unspecified atom stereocenters. The van der Waals surface area contributed by atoms with Crippen LogP contribution in [0.3, 0.4) is 0 Å². The third kappa shape index (κ3) is 2.68. The number of hydrogen-bond donors (Lipinski definition) is 1. The Hall–Kier alpha value is -1.74. The molecular formula is C14H13F2N. The van der Waals surface area contributed by atoms with Crippen LogP contribution in [-0.2, 0) is 6.42 Å². The Morgan fingerprint density at radius 1 is 1.00 bits per heavy atom. The molecule has 0 saturated heterocycles. The Bertz CT molecular complexity index is 523. The van der Waals surface area contributed by atoms with Crippen molar-refractivity contribution in [2.45, 2.75) is 6.42 Å². The van der Waals surface area contributed by atoms with Crippen LogP contribution in [0.15, 0.2) is 42.5 Å². The third-order valence-corrected chi connectivity index (χ3v) is 2.60. The first-order valence-electron chi connectivity index (χ1n) is 5.45. The van der Waals surface area contributed by atoms with Crippen molar-refractivity contribution < 1.29 is 8.78 Å². The molecule has 0 amide bonds. The van der Waals surface area contributed by atoms with Crippen LogP contribution in [-0.4, -0.2) is 6.54 Å². The van der Waals surface area contributed by atoms with Crippen LogP contribution in [0.5, 0.6) is 0 Å². The lowest BCUT2D eigenvalue weighted by Crippen LogP contribution is -2.03. The molecule has 2 rings (SSSR count). The van der Waals surface area contributed by atoms with E-state index in [0.717, 1.165) is 5.56 Å². The standard InChI is InChI=1S/C14H13F2N/c15-12-3-1-2-11(9-12)13-8-10(6-7-17)4-5-14(13)16/h1-5,8-9H,6-7,17H2. The summed E-state index contributed by atoms with van der Waals surface area (Å²) in [4.78, 5) is 0. The molecular weight excluding hydrogens is 220 g/mol. The highest BCUT2D eigenvalue weighted by Crippen LogP contribution is 2.24. The van der Waals surface area contributed by atoms with Crippen molar-refractivity contribution in [1.82, 2.24) is 0 Å². The lowest BCUT2D eigenvalue weighted by Gasteiger charge is -2.06. The Balaban J connectivity index is 2.46. The molecule has 0 spiro atoms. The minimum Gasteiger partial charge on any atom is -0.330 e. The van der Waals surface area contributed by atoms with Crippen LogP contribution in [0, 0.1) is 11.6 Å².